The van der Waals surface area contributed by atoms with E-state index in [0.29, 0.717) is 64.6 Å². The number of carbonyl (C=O) groups is 2. The lowest BCUT2D eigenvalue weighted by molar-refractivity contribution is 0.0188. The number of ether oxygens (including phenoxy) is 4. The van der Waals surface area contributed by atoms with Crippen LogP contribution in [0.5, 0.6) is 17.2 Å². The van der Waals surface area contributed by atoms with E-state index in [9.17, 15) is 14.7 Å². The second-order valence-electron chi connectivity index (χ2n) is 20.3. The van der Waals surface area contributed by atoms with Gasteiger partial charge in [-0.05, 0) is 167 Å². The average molecular weight is 813 g/mol. The monoisotopic (exact) mass is 813 g/mol. The van der Waals surface area contributed by atoms with Gasteiger partial charge in [-0.1, -0.05) is 117 Å². The van der Waals surface area contributed by atoms with Gasteiger partial charge in [-0.3, -0.25) is 0 Å². The lowest BCUT2D eigenvalue weighted by Gasteiger charge is -2.23. The summed E-state index contributed by atoms with van der Waals surface area (Å²) in [7, 11) is 0. The van der Waals surface area contributed by atoms with Crippen molar-refractivity contribution in [3.63, 3.8) is 0 Å². The van der Waals surface area contributed by atoms with Crippen LogP contribution in [0.15, 0.2) is 54.6 Å². The summed E-state index contributed by atoms with van der Waals surface area (Å²) < 4.78 is 22.0. The molecule has 0 aliphatic heterocycles. The molecule has 0 aromatic heterocycles. The molecule has 0 amide bonds. The maximum atomic E-state index is 12.1. The first kappa shape index (κ1) is 47.7. The lowest BCUT2D eigenvalue weighted by Crippen LogP contribution is -2.26. The van der Waals surface area contributed by atoms with E-state index >= 15 is 0 Å². The standard InChI is InChI=1S/2C19H28O3.C14H20O/c2*1-12(2)15-8-7-9-16(13(3)14-10-11-14)17(15)21-18(20)22-19(4,5)6;1-9(2)12-5-4-6-13(14(12)15)10(3)11-7-8-11/h2*7-9,12-14H,10-11H2,1-6H3;4-6,9-11,15H,7-8H2,1-3H3. The first-order chi connectivity index (χ1) is 27.5. The van der Waals surface area contributed by atoms with E-state index in [1.807, 2.05) is 59.7 Å². The minimum absolute atomic E-state index is 0.295. The predicted octanol–water partition coefficient (Wildman–Crippen LogP) is 15.3. The summed E-state index contributed by atoms with van der Waals surface area (Å²) in [5, 5.41) is 10.2. The highest BCUT2D eigenvalue weighted by atomic mass is 16.7. The van der Waals surface area contributed by atoms with Crippen LogP contribution in [-0.4, -0.2) is 28.6 Å². The van der Waals surface area contributed by atoms with Crippen molar-refractivity contribution in [1.82, 2.24) is 0 Å². The Morgan fingerprint density at radius 1 is 0.475 bits per heavy atom. The van der Waals surface area contributed by atoms with E-state index in [-0.39, 0.29) is 0 Å². The van der Waals surface area contributed by atoms with Gasteiger partial charge in [0, 0.05) is 0 Å². The molecule has 0 saturated heterocycles. The number of hydrogen-bond acceptors (Lipinski definition) is 7. The van der Waals surface area contributed by atoms with Crippen LogP contribution in [0, 0.1) is 17.8 Å². The molecule has 326 valence electrons. The fourth-order valence-electron chi connectivity index (χ4n) is 7.68. The minimum atomic E-state index is -0.621. The van der Waals surface area contributed by atoms with Crippen molar-refractivity contribution in [3.8, 4) is 17.2 Å². The maximum absolute atomic E-state index is 12.1. The number of aromatic hydroxyl groups is 1. The van der Waals surface area contributed by atoms with Crippen molar-refractivity contribution in [2.75, 3.05) is 0 Å². The lowest BCUT2D eigenvalue weighted by atomic mass is 9.90. The largest absolute Gasteiger partial charge is 0.514 e. The quantitative estimate of drug-likeness (QED) is 0.152. The van der Waals surface area contributed by atoms with E-state index < -0.39 is 23.5 Å². The molecule has 3 aliphatic carbocycles. The Bertz CT molecular complexity index is 1750. The molecule has 3 saturated carbocycles. The molecule has 3 unspecified atom stereocenters. The molecule has 3 aromatic carbocycles. The molecule has 7 nitrogen and oxygen atoms in total. The zero-order chi connectivity index (χ0) is 44.0. The Hall–Kier alpha value is -4.00. The van der Waals surface area contributed by atoms with Gasteiger partial charge in [-0.2, -0.15) is 0 Å². The van der Waals surface area contributed by atoms with Gasteiger partial charge in [-0.25, -0.2) is 9.59 Å². The van der Waals surface area contributed by atoms with Gasteiger partial charge < -0.3 is 24.1 Å². The molecule has 3 atom stereocenters. The zero-order valence-electron chi connectivity index (χ0n) is 39.0. The van der Waals surface area contributed by atoms with Crippen LogP contribution >= 0.6 is 0 Å². The van der Waals surface area contributed by atoms with E-state index in [4.69, 9.17) is 18.9 Å². The van der Waals surface area contributed by atoms with Gasteiger partial charge >= 0.3 is 12.3 Å². The highest BCUT2D eigenvalue weighted by molar-refractivity contribution is 5.67. The number of benzene rings is 3. The number of phenols is 1. The number of hydrogen-bond donors (Lipinski definition) is 1. The van der Waals surface area contributed by atoms with Crippen LogP contribution in [0.2, 0.25) is 0 Å². The predicted molar refractivity (Wildman–Crippen MR) is 240 cm³/mol. The summed E-state index contributed by atoms with van der Waals surface area (Å²) in [6.07, 6.45) is 6.46. The fraction of sp³-hybridized carbons (Fsp3) is 0.615. The molecule has 3 fully saturated rings. The molecule has 0 radical (unpaired) electrons. The van der Waals surface area contributed by atoms with Crippen LogP contribution < -0.4 is 9.47 Å². The minimum Gasteiger partial charge on any atom is -0.507 e. The molecule has 59 heavy (non-hydrogen) atoms. The summed E-state index contributed by atoms with van der Waals surface area (Å²) >= 11 is 0. The van der Waals surface area contributed by atoms with Crippen LogP contribution in [0.3, 0.4) is 0 Å². The molecule has 7 heteroatoms. The van der Waals surface area contributed by atoms with E-state index in [0.717, 1.165) is 39.3 Å². The number of phenolic OH excluding ortho intramolecular Hbond substituents is 1. The van der Waals surface area contributed by atoms with Crippen molar-refractivity contribution < 1.29 is 33.6 Å². The molecule has 0 bridgehead atoms. The number of carbonyl (C=O) groups excluding carboxylic acids is 2. The van der Waals surface area contributed by atoms with E-state index in [2.05, 4.69) is 98.7 Å². The number of rotatable bonds is 11. The van der Waals surface area contributed by atoms with Gasteiger partial charge in [0.1, 0.15) is 28.5 Å². The summed E-state index contributed by atoms with van der Waals surface area (Å²) in [5.74, 6) is 6.49. The molecule has 1 N–H and O–H groups in total. The van der Waals surface area contributed by atoms with Crippen molar-refractivity contribution in [2.45, 2.75) is 189 Å². The number of para-hydroxylation sites is 3. The third kappa shape index (κ3) is 14.3. The normalized spacial score (nSPS) is 16.9. The van der Waals surface area contributed by atoms with Crippen LogP contribution in [0.4, 0.5) is 9.59 Å². The third-order valence-corrected chi connectivity index (χ3v) is 11.7. The van der Waals surface area contributed by atoms with Crippen molar-refractivity contribution in [2.24, 2.45) is 17.8 Å². The summed E-state index contributed by atoms with van der Waals surface area (Å²) in [5.41, 5.74) is 5.51. The van der Waals surface area contributed by atoms with Crippen LogP contribution in [-0.2, 0) is 9.47 Å². The van der Waals surface area contributed by atoms with Crippen LogP contribution in [0.25, 0.3) is 0 Å². The fourth-order valence-corrected chi connectivity index (χ4v) is 7.68. The van der Waals surface area contributed by atoms with Gasteiger partial charge in [0.2, 0.25) is 0 Å². The molecule has 0 spiro atoms. The topological polar surface area (TPSA) is 91.3 Å². The summed E-state index contributed by atoms with van der Waals surface area (Å²) in [6.45, 7) is 30.4. The van der Waals surface area contributed by atoms with Crippen LogP contribution in [0.1, 0.15) is 211 Å². The highest BCUT2D eigenvalue weighted by Crippen LogP contribution is 2.48. The first-order valence-electron chi connectivity index (χ1n) is 22.4. The Morgan fingerprint density at radius 3 is 1.03 bits per heavy atom. The smallest absolute Gasteiger partial charge is 0.507 e. The van der Waals surface area contributed by atoms with E-state index in [1.54, 1.807) is 0 Å². The van der Waals surface area contributed by atoms with Gasteiger partial charge in [-0.15, -0.1) is 0 Å². The Kier molecular flexibility index (Phi) is 16.2. The van der Waals surface area contributed by atoms with Gasteiger partial charge in [0.15, 0.2) is 0 Å². The summed E-state index contributed by atoms with van der Waals surface area (Å²) in [6, 6.07) is 18.5. The first-order valence-corrected chi connectivity index (χ1v) is 22.4. The zero-order valence-corrected chi connectivity index (χ0v) is 39.0. The highest BCUT2D eigenvalue weighted by Gasteiger charge is 2.34. The molecular weight excluding hydrogens is 737 g/mol. The van der Waals surface area contributed by atoms with E-state index in [1.165, 1.54) is 38.5 Å². The molecular formula is C52H76O7. The average Bonchev–Trinajstić information content (AvgIpc) is 3.97. The van der Waals surface area contributed by atoms with Crippen molar-refractivity contribution in [3.05, 3.63) is 88.0 Å². The Labute approximate surface area is 357 Å². The molecule has 6 rings (SSSR count). The Morgan fingerprint density at radius 2 is 0.746 bits per heavy atom. The second-order valence-corrected chi connectivity index (χ2v) is 20.3. The maximum Gasteiger partial charge on any atom is 0.514 e. The Balaban J connectivity index is 0.000000199. The molecule has 3 aromatic rings. The van der Waals surface area contributed by atoms with Gasteiger partial charge in [0.05, 0.1) is 0 Å². The molecule has 0 heterocycles. The van der Waals surface area contributed by atoms with Crippen molar-refractivity contribution in [1.29, 1.82) is 0 Å². The molecule has 3 aliphatic rings. The third-order valence-electron chi connectivity index (χ3n) is 11.7. The summed E-state index contributed by atoms with van der Waals surface area (Å²) in [4.78, 5) is 24.2. The second kappa shape index (κ2) is 20.0. The van der Waals surface area contributed by atoms with Crippen molar-refractivity contribution >= 4 is 12.3 Å². The SMILES string of the molecule is CC(C)c1cccc(C(C)C2CC2)c1O.CC(C)c1cccc(C(C)C2CC2)c1OC(=O)OC(C)(C)C.CC(C)c1cccc(C(C)C2CC2)c1OC(=O)OC(C)(C)C. The van der Waals surface area contributed by atoms with Gasteiger partial charge in [0.25, 0.3) is 0 Å².